The van der Waals surface area contributed by atoms with Crippen LogP contribution in [0.5, 0.6) is 0 Å². The minimum absolute atomic E-state index is 0.000136. The van der Waals surface area contributed by atoms with Crippen LogP contribution in [-0.2, 0) is 11.3 Å². The molecule has 0 radical (unpaired) electrons. The van der Waals surface area contributed by atoms with Gasteiger partial charge in [-0.25, -0.2) is 24.1 Å². The van der Waals surface area contributed by atoms with E-state index in [-0.39, 0.29) is 12.2 Å². The molecule has 5 rings (SSSR count). The van der Waals surface area contributed by atoms with E-state index in [4.69, 9.17) is 16.0 Å². The predicted molar refractivity (Wildman–Crippen MR) is 141 cm³/mol. The lowest BCUT2D eigenvalue weighted by atomic mass is 10.2. The fourth-order valence-corrected chi connectivity index (χ4v) is 4.20. The van der Waals surface area contributed by atoms with E-state index in [0.29, 0.717) is 27.7 Å². The van der Waals surface area contributed by atoms with E-state index in [9.17, 15) is 19.5 Å². The minimum atomic E-state index is -1.13. The van der Waals surface area contributed by atoms with Gasteiger partial charge in [0, 0.05) is 10.6 Å². The van der Waals surface area contributed by atoms with Crippen LogP contribution in [0.15, 0.2) is 91.8 Å². The number of aromatic nitrogens is 4. The molecular formula is C27H22ClN5O5. The molecule has 0 aliphatic heterocycles. The normalized spacial score (nSPS) is 12.6. The van der Waals surface area contributed by atoms with Crippen LogP contribution in [0.1, 0.15) is 24.9 Å². The first-order chi connectivity index (χ1) is 18.3. The number of carbonyl (C=O) groups is 1. The van der Waals surface area contributed by atoms with Crippen molar-refractivity contribution in [3.05, 3.63) is 110 Å². The number of aromatic amines is 1. The maximum absolute atomic E-state index is 13.5. The van der Waals surface area contributed by atoms with E-state index < -0.39 is 29.8 Å². The van der Waals surface area contributed by atoms with Crippen LogP contribution in [0.3, 0.4) is 0 Å². The van der Waals surface area contributed by atoms with Crippen molar-refractivity contribution in [2.24, 2.45) is 4.99 Å². The summed E-state index contributed by atoms with van der Waals surface area (Å²) < 4.78 is 8.02. The predicted octanol–water partition coefficient (Wildman–Crippen LogP) is 4.12. The summed E-state index contributed by atoms with van der Waals surface area (Å²) in [7, 11) is 0. The Morgan fingerprint density at radius 3 is 2.55 bits per heavy atom. The Bertz CT molecular complexity index is 1820. The highest BCUT2D eigenvalue weighted by molar-refractivity contribution is 6.30. The smallest absolute Gasteiger partial charge is 0.335 e. The van der Waals surface area contributed by atoms with Crippen molar-refractivity contribution in [2.45, 2.75) is 25.9 Å². The number of nitrogens with zero attached hydrogens (tertiary/aromatic N) is 4. The summed E-state index contributed by atoms with van der Waals surface area (Å²) in [6.07, 6.45) is -0.396. The van der Waals surface area contributed by atoms with Crippen LogP contribution in [0.25, 0.3) is 22.6 Å². The molecule has 0 aliphatic carbocycles. The largest absolute Gasteiger partial charge is 0.481 e. The number of carboxylic acid groups (broad SMARTS) is 1. The number of rotatable bonds is 7. The molecule has 0 amide bonds. The van der Waals surface area contributed by atoms with E-state index in [1.807, 2.05) is 30.3 Å². The summed E-state index contributed by atoms with van der Waals surface area (Å²) in [6.45, 7) is 1.56. The molecule has 2 N–H and O–H groups in total. The Morgan fingerprint density at radius 2 is 1.84 bits per heavy atom. The van der Waals surface area contributed by atoms with Crippen molar-refractivity contribution in [3.8, 4) is 11.5 Å². The fourth-order valence-electron chi connectivity index (χ4n) is 4.08. The number of hydrogen-bond donors (Lipinski definition) is 2. The number of oxazole rings is 1. The molecule has 5 aromatic rings. The van der Waals surface area contributed by atoms with Crippen LogP contribution in [0.4, 0.5) is 5.69 Å². The number of H-pyrrole nitrogens is 1. The Kier molecular flexibility index (Phi) is 6.80. The first kappa shape index (κ1) is 25.0. The molecule has 0 bridgehead atoms. The molecule has 0 spiro atoms. The van der Waals surface area contributed by atoms with Crippen molar-refractivity contribution in [2.75, 3.05) is 0 Å². The summed E-state index contributed by atoms with van der Waals surface area (Å²) in [5.74, 6) is -0.670. The molecule has 2 heterocycles. The van der Waals surface area contributed by atoms with Gasteiger partial charge in [-0.3, -0.25) is 14.3 Å². The van der Waals surface area contributed by atoms with E-state index >= 15 is 0 Å². The van der Waals surface area contributed by atoms with Gasteiger partial charge in [0.1, 0.15) is 5.52 Å². The van der Waals surface area contributed by atoms with Gasteiger partial charge >= 0.3 is 17.3 Å². The number of fused-ring (bicyclic) bond motifs is 1. The molecule has 1 atom stereocenters. The third-order valence-electron chi connectivity index (χ3n) is 5.92. The van der Waals surface area contributed by atoms with Crippen LogP contribution in [0, 0.1) is 0 Å². The van der Waals surface area contributed by atoms with Gasteiger partial charge in [0.15, 0.2) is 5.58 Å². The van der Waals surface area contributed by atoms with Crippen molar-refractivity contribution < 1.29 is 14.3 Å². The minimum Gasteiger partial charge on any atom is -0.481 e. The molecule has 38 heavy (non-hydrogen) atoms. The Labute approximate surface area is 220 Å². The topological polar surface area (TPSA) is 135 Å². The summed E-state index contributed by atoms with van der Waals surface area (Å²) in [5.41, 5.74) is 1.65. The lowest BCUT2D eigenvalue weighted by molar-refractivity contribution is -0.137. The van der Waals surface area contributed by atoms with Gasteiger partial charge in [-0.05, 0) is 55.0 Å². The summed E-state index contributed by atoms with van der Waals surface area (Å²) in [6, 6.07) is 20.6. The zero-order valence-electron chi connectivity index (χ0n) is 20.2. The quantitative estimate of drug-likeness (QED) is 0.324. The van der Waals surface area contributed by atoms with Crippen LogP contribution in [0.2, 0.25) is 5.02 Å². The Balaban J connectivity index is 1.64. The first-order valence-electron chi connectivity index (χ1n) is 11.7. The molecule has 0 saturated carbocycles. The van der Waals surface area contributed by atoms with Crippen molar-refractivity contribution in [1.29, 1.82) is 0 Å². The van der Waals surface area contributed by atoms with Crippen LogP contribution in [-0.4, -0.2) is 30.2 Å². The molecule has 0 unspecified atom stereocenters. The maximum Gasteiger partial charge on any atom is 0.335 e. The zero-order valence-corrected chi connectivity index (χ0v) is 20.9. The van der Waals surface area contributed by atoms with E-state index in [2.05, 4.69) is 15.0 Å². The second-order valence-corrected chi connectivity index (χ2v) is 9.15. The highest BCUT2D eigenvalue weighted by atomic mass is 35.5. The molecule has 2 aromatic heterocycles. The third kappa shape index (κ3) is 5.21. The second kappa shape index (κ2) is 10.3. The maximum atomic E-state index is 13.5. The molecule has 0 saturated heterocycles. The number of nitrogens with one attached hydrogen (secondary N) is 1. The van der Waals surface area contributed by atoms with E-state index in [1.165, 1.54) is 11.5 Å². The third-order valence-corrected chi connectivity index (χ3v) is 6.17. The SMILES string of the molecule is C[C@@H](CC(=O)O)n1c(=O)[nH]/c(=N\c2ccc3oc(-c4ccccc4)nc3c2)n(Cc2ccc(Cl)cc2)c1=O. The van der Waals surface area contributed by atoms with Gasteiger partial charge in [0.25, 0.3) is 0 Å². The average Bonchev–Trinajstić information content (AvgIpc) is 3.31. The standard InChI is InChI=1S/C27H22ClN5O5/c1-16(13-23(34)35)33-26(36)31-25(32(27(33)37)15-17-7-9-19(28)10-8-17)29-20-11-12-22-21(14-20)30-24(38-22)18-5-3-2-4-6-18/h2-12,14,16H,13,15H2,1H3,(H,34,35)(H,29,31,36)/t16-/m0/s1. The Morgan fingerprint density at radius 1 is 1.11 bits per heavy atom. The first-order valence-corrected chi connectivity index (χ1v) is 12.1. The molecule has 192 valence electrons. The van der Waals surface area contributed by atoms with Crippen molar-refractivity contribution in [3.63, 3.8) is 0 Å². The van der Waals surface area contributed by atoms with Gasteiger partial charge in [-0.2, -0.15) is 0 Å². The van der Waals surface area contributed by atoms with Gasteiger partial charge < -0.3 is 9.52 Å². The number of halogens is 1. The van der Waals surface area contributed by atoms with Gasteiger partial charge in [0.05, 0.1) is 24.7 Å². The molecule has 11 heteroatoms. The molecule has 0 aliphatic rings. The zero-order chi connectivity index (χ0) is 26.8. The number of hydrogen-bond acceptors (Lipinski definition) is 6. The van der Waals surface area contributed by atoms with Gasteiger partial charge in [-0.1, -0.05) is 41.9 Å². The monoisotopic (exact) mass is 531 g/mol. The van der Waals surface area contributed by atoms with Crippen molar-refractivity contribution >= 4 is 34.4 Å². The summed E-state index contributed by atoms with van der Waals surface area (Å²) >= 11 is 6.00. The van der Waals surface area contributed by atoms with Crippen LogP contribution < -0.4 is 17.0 Å². The van der Waals surface area contributed by atoms with Crippen molar-refractivity contribution in [1.82, 2.24) is 19.1 Å². The van der Waals surface area contributed by atoms with Gasteiger partial charge in [0.2, 0.25) is 11.5 Å². The highest BCUT2D eigenvalue weighted by Gasteiger charge is 2.18. The molecule has 0 fully saturated rings. The molecule has 10 nitrogen and oxygen atoms in total. The second-order valence-electron chi connectivity index (χ2n) is 8.71. The van der Waals surface area contributed by atoms with E-state index in [0.717, 1.165) is 15.7 Å². The van der Waals surface area contributed by atoms with E-state index in [1.54, 1.807) is 42.5 Å². The number of benzene rings is 3. The van der Waals surface area contributed by atoms with Crippen LogP contribution >= 0.6 is 11.6 Å². The summed E-state index contributed by atoms with van der Waals surface area (Å²) in [4.78, 5) is 49.3. The lowest BCUT2D eigenvalue weighted by Crippen LogP contribution is -2.51. The van der Waals surface area contributed by atoms with Gasteiger partial charge in [-0.15, -0.1) is 0 Å². The number of carboxylic acids is 1. The number of aliphatic carboxylic acids is 1. The fraction of sp³-hybridized carbons (Fsp3) is 0.148. The molecule has 3 aromatic carbocycles. The highest BCUT2D eigenvalue weighted by Crippen LogP contribution is 2.26. The average molecular weight is 532 g/mol. The molecular weight excluding hydrogens is 510 g/mol. The summed E-state index contributed by atoms with van der Waals surface area (Å²) in [5, 5.41) is 9.72. The lowest BCUT2D eigenvalue weighted by Gasteiger charge is -2.15. The Hall–Kier alpha value is -4.70.